The summed E-state index contributed by atoms with van der Waals surface area (Å²) in [5.74, 6) is 1.27. The lowest BCUT2D eigenvalue weighted by molar-refractivity contribution is 0.0566. The van der Waals surface area contributed by atoms with Gasteiger partial charge in [-0.15, -0.1) is 0 Å². The van der Waals surface area contributed by atoms with Crippen molar-refractivity contribution in [3.05, 3.63) is 17.5 Å². The quantitative estimate of drug-likeness (QED) is 0.803. The predicted octanol–water partition coefficient (Wildman–Crippen LogP) is 1.94. The van der Waals surface area contributed by atoms with Crippen LogP contribution in [0.25, 0.3) is 0 Å². The van der Waals surface area contributed by atoms with Gasteiger partial charge < -0.3 is 19.4 Å². The number of ether oxygens (including phenoxy) is 1. The van der Waals surface area contributed by atoms with Gasteiger partial charge in [-0.1, -0.05) is 6.92 Å². The van der Waals surface area contributed by atoms with Crippen molar-refractivity contribution in [1.29, 1.82) is 0 Å². The van der Waals surface area contributed by atoms with Gasteiger partial charge in [0.05, 0.1) is 6.61 Å². The molecule has 2 amide bonds. The molecule has 2 saturated heterocycles. The minimum Gasteiger partial charge on any atom is -0.450 e. The van der Waals surface area contributed by atoms with Crippen molar-refractivity contribution in [2.45, 2.75) is 33.6 Å². The summed E-state index contributed by atoms with van der Waals surface area (Å²) in [4.78, 5) is 39.4. The molecular formula is C19H29N5O3. The molecule has 0 radical (unpaired) electrons. The zero-order valence-electron chi connectivity index (χ0n) is 16.5. The number of piperidine rings is 1. The summed E-state index contributed by atoms with van der Waals surface area (Å²) in [5, 5.41) is 0. The first-order valence-corrected chi connectivity index (χ1v) is 9.79. The second-order valence-corrected chi connectivity index (χ2v) is 7.34. The van der Waals surface area contributed by atoms with Crippen LogP contribution in [0.3, 0.4) is 0 Å². The number of nitrogens with zero attached hydrogens (tertiary/aromatic N) is 5. The van der Waals surface area contributed by atoms with Gasteiger partial charge in [-0.3, -0.25) is 4.79 Å². The number of rotatable bonds is 3. The fraction of sp³-hybridized carbons (Fsp3) is 0.684. The van der Waals surface area contributed by atoms with E-state index in [-0.39, 0.29) is 12.0 Å². The molecule has 0 aromatic carbocycles. The number of aryl methyl sites for hydroxylation is 1. The Morgan fingerprint density at radius 2 is 1.70 bits per heavy atom. The van der Waals surface area contributed by atoms with Gasteiger partial charge in [0.25, 0.3) is 5.91 Å². The van der Waals surface area contributed by atoms with Gasteiger partial charge in [-0.2, -0.15) is 0 Å². The summed E-state index contributed by atoms with van der Waals surface area (Å²) in [6.07, 6.45) is 1.93. The molecule has 2 aliphatic heterocycles. The molecule has 148 valence electrons. The molecule has 1 aromatic heterocycles. The number of piperazine rings is 1. The number of amides is 2. The van der Waals surface area contributed by atoms with Gasteiger partial charge >= 0.3 is 6.09 Å². The van der Waals surface area contributed by atoms with E-state index in [1.54, 1.807) is 22.8 Å². The van der Waals surface area contributed by atoms with Gasteiger partial charge in [0, 0.05) is 45.0 Å². The van der Waals surface area contributed by atoms with Crippen molar-refractivity contribution in [3.8, 4) is 0 Å². The third kappa shape index (κ3) is 4.67. The Balaban J connectivity index is 1.66. The molecule has 2 aliphatic rings. The monoisotopic (exact) mass is 375 g/mol. The Labute approximate surface area is 160 Å². The highest BCUT2D eigenvalue weighted by molar-refractivity contribution is 5.93. The molecule has 0 atom stereocenters. The summed E-state index contributed by atoms with van der Waals surface area (Å²) in [6, 6.07) is 1.75. The topological polar surface area (TPSA) is 78.9 Å². The SMILES string of the molecule is CCOC(=O)N1CCN(C(=O)c2cc(C)nc(N3CCC(C)CC3)n2)CC1. The van der Waals surface area contributed by atoms with E-state index in [0.717, 1.165) is 37.5 Å². The molecule has 0 spiro atoms. The van der Waals surface area contributed by atoms with Gasteiger partial charge in [0.15, 0.2) is 0 Å². The van der Waals surface area contributed by atoms with Crippen LogP contribution < -0.4 is 4.90 Å². The van der Waals surface area contributed by atoms with E-state index in [9.17, 15) is 9.59 Å². The van der Waals surface area contributed by atoms with Crippen molar-refractivity contribution in [2.24, 2.45) is 5.92 Å². The molecular weight excluding hydrogens is 346 g/mol. The average Bonchev–Trinajstić information content (AvgIpc) is 2.68. The van der Waals surface area contributed by atoms with Crippen molar-refractivity contribution < 1.29 is 14.3 Å². The average molecular weight is 375 g/mol. The predicted molar refractivity (Wildman–Crippen MR) is 102 cm³/mol. The number of hydrogen-bond acceptors (Lipinski definition) is 6. The first kappa shape index (κ1) is 19.4. The number of anilines is 1. The highest BCUT2D eigenvalue weighted by Gasteiger charge is 2.27. The Kier molecular flexibility index (Phi) is 6.13. The maximum atomic E-state index is 12.9. The summed E-state index contributed by atoms with van der Waals surface area (Å²) < 4.78 is 5.03. The van der Waals surface area contributed by atoms with Crippen LogP contribution in [-0.4, -0.2) is 77.6 Å². The van der Waals surface area contributed by atoms with E-state index in [2.05, 4.69) is 21.8 Å². The lowest BCUT2D eigenvalue weighted by atomic mass is 10.00. The van der Waals surface area contributed by atoms with E-state index < -0.39 is 0 Å². The molecule has 0 N–H and O–H groups in total. The van der Waals surface area contributed by atoms with Crippen LogP contribution in [0.15, 0.2) is 6.07 Å². The van der Waals surface area contributed by atoms with E-state index in [0.29, 0.717) is 44.4 Å². The molecule has 2 fully saturated rings. The van der Waals surface area contributed by atoms with E-state index in [4.69, 9.17) is 4.74 Å². The van der Waals surface area contributed by atoms with E-state index in [1.165, 1.54) is 0 Å². The van der Waals surface area contributed by atoms with Crippen LogP contribution in [0.1, 0.15) is 42.9 Å². The van der Waals surface area contributed by atoms with Crippen LogP contribution in [0.4, 0.5) is 10.7 Å². The first-order valence-electron chi connectivity index (χ1n) is 9.79. The molecule has 8 heteroatoms. The van der Waals surface area contributed by atoms with Gasteiger partial charge in [-0.05, 0) is 38.7 Å². The van der Waals surface area contributed by atoms with Crippen molar-refractivity contribution in [2.75, 3.05) is 50.8 Å². The van der Waals surface area contributed by atoms with E-state index >= 15 is 0 Å². The smallest absolute Gasteiger partial charge is 0.409 e. The number of carbonyl (C=O) groups excluding carboxylic acids is 2. The normalized spacial score (nSPS) is 18.6. The number of aromatic nitrogens is 2. The third-order valence-corrected chi connectivity index (χ3v) is 5.22. The largest absolute Gasteiger partial charge is 0.450 e. The molecule has 8 nitrogen and oxygen atoms in total. The molecule has 0 aliphatic carbocycles. The maximum Gasteiger partial charge on any atom is 0.409 e. The molecule has 3 heterocycles. The maximum absolute atomic E-state index is 12.9. The number of carbonyl (C=O) groups is 2. The highest BCUT2D eigenvalue weighted by Crippen LogP contribution is 2.21. The zero-order valence-corrected chi connectivity index (χ0v) is 16.5. The summed E-state index contributed by atoms with van der Waals surface area (Å²) in [5.41, 5.74) is 1.23. The summed E-state index contributed by atoms with van der Waals surface area (Å²) in [6.45, 7) is 10.1. The molecule has 0 bridgehead atoms. The molecule has 0 unspecified atom stereocenters. The Hall–Kier alpha value is -2.38. The van der Waals surface area contributed by atoms with Crippen molar-refractivity contribution in [3.63, 3.8) is 0 Å². The van der Waals surface area contributed by atoms with Gasteiger partial charge in [0.2, 0.25) is 5.95 Å². The lowest BCUT2D eigenvalue weighted by Crippen LogP contribution is -2.51. The second-order valence-electron chi connectivity index (χ2n) is 7.34. The first-order chi connectivity index (χ1) is 13.0. The fourth-order valence-electron chi connectivity index (χ4n) is 3.48. The van der Waals surface area contributed by atoms with Crippen LogP contribution in [0, 0.1) is 12.8 Å². The second kappa shape index (κ2) is 8.54. The Morgan fingerprint density at radius 1 is 1.07 bits per heavy atom. The third-order valence-electron chi connectivity index (χ3n) is 5.22. The number of hydrogen-bond donors (Lipinski definition) is 0. The standard InChI is InChI=1S/C19H29N5O3/c1-4-27-19(26)24-11-9-22(10-12-24)17(25)16-13-15(3)20-18(21-16)23-7-5-14(2)6-8-23/h13-14H,4-12H2,1-3H3. The summed E-state index contributed by atoms with van der Waals surface area (Å²) in [7, 11) is 0. The van der Waals surface area contributed by atoms with Crippen LogP contribution in [0.5, 0.6) is 0 Å². The molecule has 27 heavy (non-hydrogen) atoms. The van der Waals surface area contributed by atoms with Crippen LogP contribution in [-0.2, 0) is 4.74 Å². The van der Waals surface area contributed by atoms with E-state index in [1.807, 2.05) is 6.92 Å². The lowest BCUT2D eigenvalue weighted by Gasteiger charge is -2.34. The van der Waals surface area contributed by atoms with Crippen molar-refractivity contribution in [1.82, 2.24) is 19.8 Å². The molecule has 3 rings (SSSR count). The highest BCUT2D eigenvalue weighted by atomic mass is 16.6. The molecule has 1 aromatic rings. The minimum absolute atomic E-state index is 0.101. The van der Waals surface area contributed by atoms with Crippen LogP contribution in [0.2, 0.25) is 0 Å². The van der Waals surface area contributed by atoms with Crippen LogP contribution >= 0.6 is 0 Å². The fourth-order valence-corrected chi connectivity index (χ4v) is 3.48. The molecule has 0 saturated carbocycles. The minimum atomic E-state index is -0.316. The van der Waals surface area contributed by atoms with Gasteiger partial charge in [0.1, 0.15) is 5.69 Å². The van der Waals surface area contributed by atoms with Gasteiger partial charge in [-0.25, -0.2) is 14.8 Å². The summed E-state index contributed by atoms with van der Waals surface area (Å²) >= 11 is 0. The van der Waals surface area contributed by atoms with Crippen molar-refractivity contribution >= 4 is 17.9 Å². The zero-order chi connectivity index (χ0) is 19.4. The Bertz CT molecular complexity index is 680. The Morgan fingerprint density at radius 3 is 2.33 bits per heavy atom.